The Morgan fingerprint density at radius 1 is 1.40 bits per heavy atom. The predicted molar refractivity (Wildman–Crippen MR) is 79.1 cm³/mol. The van der Waals surface area contributed by atoms with Crippen molar-refractivity contribution in [3.8, 4) is 5.75 Å². The van der Waals surface area contributed by atoms with Crippen LogP contribution in [-0.4, -0.2) is 38.5 Å². The molecule has 1 saturated carbocycles. The van der Waals surface area contributed by atoms with Crippen LogP contribution in [0, 0.1) is 12.8 Å². The number of nitrogens with one attached hydrogen (secondary N) is 1. The summed E-state index contributed by atoms with van der Waals surface area (Å²) < 4.78 is 10.8. The number of methoxy groups -OCH3 is 1. The van der Waals surface area contributed by atoms with Crippen LogP contribution in [0.4, 0.5) is 0 Å². The maximum Gasteiger partial charge on any atom is 0.124 e. The Morgan fingerprint density at radius 3 is 2.90 bits per heavy atom. The fourth-order valence-electron chi connectivity index (χ4n) is 2.14. The molecular formula is C16H25NO3. The zero-order valence-electron chi connectivity index (χ0n) is 12.4. The lowest BCUT2D eigenvalue weighted by Gasteiger charge is -2.16. The molecule has 4 nitrogen and oxygen atoms in total. The molecule has 1 aliphatic rings. The third-order valence-electron chi connectivity index (χ3n) is 3.56. The van der Waals surface area contributed by atoms with Crippen molar-refractivity contribution in [2.24, 2.45) is 5.92 Å². The third kappa shape index (κ3) is 4.78. The van der Waals surface area contributed by atoms with E-state index in [1.165, 1.54) is 12.8 Å². The summed E-state index contributed by atoms with van der Waals surface area (Å²) in [6.07, 6.45) is 2.08. The lowest BCUT2D eigenvalue weighted by molar-refractivity contribution is 0.119. The number of aliphatic hydroxyl groups excluding tert-OH is 1. The van der Waals surface area contributed by atoms with Crippen LogP contribution < -0.4 is 10.1 Å². The van der Waals surface area contributed by atoms with Gasteiger partial charge in [-0.1, -0.05) is 11.6 Å². The zero-order valence-corrected chi connectivity index (χ0v) is 12.4. The molecule has 1 unspecified atom stereocenters. The molecule has 1 atom stereocenters. The summed E-state index contributed by atoms with van der Waals surface area (Å²) in [7, 11) is 1.63. The molecule has 0 aliphatic heterocycles. The summed E-state index contributed by atoms with van der Waals surface area (Å²) in [6, 6.07) is 5.84. The lowest BCUT2D eigenvalue weighted by atomic mass is 10.1. The maximum atomic E-state index is 10.2. The van der Waals surface area contributed by atoms with Crippen molar-refractivity contribution in [2.45, 2.75) is 25.9 Å². The van der Waals surface area contributed by atoms with E-state index in [2.05, 4.69) is 5.32 Å². The highest BCUT2D eigenvalue weighted by atomic mass is 16.5. The van der Waals surface area contributed by atoms with Crippen molar-refractivity contribution in [1.82, 2.24) is 5.32 Å². The number of hydrogen-bond donors (Lipinski definition) is 2. The summed E-state index contributed by atoms with van der Waals surface area (Å²) in [5.41, 5.74) is 1.95. The topological polar surface area (TPSA) is 50.7 Å². The largest absolute Gasteiger partial charge is 0.496 e. The quantitative estimate of drug-likeness (QED) is 0.679. The molecule has 2 N–H and O–H groups in total. The van der Waals surface area contributed by atoms with Crippen molar-refractivity contribution in [3.63, 3.8) is 0 Å². The van der Waals surface area contributed by atoms with Gasteiger partial charge in [-0.05, 0) is 37.8 Å². The van der Waals surface area contributed by atoms with E-state index in [9.17, 15) is 5.11 Å². The van der Waals surface area contributed by atoms with E-state index in [4.69, 9.17) is 9.47 Å². The lowest BCUT2D eigenvalue weighted by Crippen LogP contribution is -2.25. The summed E-state index contributed by atoms with van der Waals surface area (Å²) in [4.78, 5) is 0. The number of hydrogen-bond acceptors (Lipinski definition) is 4. The maximum absolute atomic E-state index is 10.2. The molecule has 20 heavy (non-hydrogen) atoms. The molecule has 4 heteroatoms. The highest BCUT2D eigenvalue weighted by Crippen LogP contribution is 2.28. The Kier molecular flexibility index (Phi) is 5.83. The Morgan fingerprint density at radius 2 is 2.20 bits per heavy atom. The van der Waals surface area contributed by atoms with Gasteiger partial charge >= 0.3 is 0 Å². The van der Waals surface area contributed by atoms with E-state index in [-0.39, 0.29) is 0 Å². The standard InChI is InChI=1S/C16H25NO3/c1-12-3-6-16(19-2)14(9-12)15(18)10-17-7-8-20-11-13-4-5-13/h3,6,9,13,15,17-18H,4-5,7-8,10-11H2,1-2H3. The molecule has 1 aromatic carbocycles. The fourth-order valence-corrected chi connectivity index (χ4v) is 2.14. The summed E-state index contributed by atoms with van der Waals surface area (Å²) in [5, 5.41) is 13.4. The second kappa shape index (κ2) is 7.62. The minimum Gasteiger partial charge on any atom is -0.496 e. The van der Waals surface area contributed by atoms with E-state index in [0.29, 0.717) is 13.2 Å². The molecule has 0 heterocycles. The molecule has 1 fully saturated rings. The van der Waals surface area contributed by atoms with Crippen LogP contribution in [0.5, 0.6) is 5.75 Å². The van der Waals surface area contributed by atoms with Crippen LogP contribution in [-0.2, 0) is 4.74 Å². The molecule has 0 saturated heterocycles. The Balaban J connectivity index is 1.70. The monoisotopic (exact) mass is 279 g/mol. The molecule has 112 valence electrons. The molecule has 0 bridgehead atoms. The fraction of sp³-hybridized carbons (Fsp3) is 0.625. The average molecular weight is 279 g/mol. The highest BCUT2D eigenvalue weighted by Gasteiger charge is 2.20. The van der Waals surface area contributed by atoms with Gasteiger partial charge in [-0.3, -0.25) is 0 Å². The molecule has 1 aliphatic carbocycles. The SMILES string of the molecule is COc1ccc(C)cc1C(O)CNCCOCC1CC1. The van der Waals surface area contributed by atoms with Crippen LogP contribution in [0.3, 0.4) is 0 Å². The van der Waals surface area contributed by atoms with E-state index in [1.807, 2.05) is 25.1 Å². The first-order valence-electron chi connectivity index (χ1n) is 7.31. The number of rotatable bonds is 9. The minimum atomic E-state index is -0.562. The van der Waals surface area contributed by atoms with Crippen LogP contribution >= 0.6 is 0 Å². The Labute approximate surface area is 121 Å². The van der Waals surface area contributed by atoms with E-state index >= 15 is 0 Å². The van der Waals surface area contributed by atoms with Crippen molar-refractivity contribution >= 4 is 0 Å². The third-order valence-corrected chi connectivity index (χ3v) is 3.56. The molecule has 0 spiro atoms. The van der Waals surface area contributed by atoms with Crippen molar-refractivity contribution < 1.29 is 14.6 Å². The molecule has 0 radical (unpaired) electrons. The molecule has 2 rings (SSSR count). The van der Waals surface area contributed by atoms with E-state index in [1.54, 1.807) is 7.11 Å². The Bertz CT molecular complexity index is 418. The van der Waals surface area contributed by atoms with Gasteiger partial charge < -0.3 is 19.9 Å². The smallest absolute Gasteiger partial charge is 0.124 e. The summed E-state index contributed by atoms with van der Waals surface area (Å²) in [5.74, 6) is 1.53. The summed E-state index contributed by atoms with van der Waals surface area (Å²) in [6.45, 7) is 4.86. The number of aliphatic hydroxyl groups is 1. The van der Waals surface area contributed by atoms with Crippen LogP contribution in [0.15, 0.2) is 18.2 Å². The van der Waals surface area contributed by atoms with E-state index in [0.717, 1.165) is 35.9 Å². The van der Waals surface area contributed by atoms with Crippen molar-refractivity contribution in [1.29, 1.82) is 0 Å². The zero-order chi connectivity index (χ0) is 14.4. The Hall–Kier alpha value is -1.10. The van der Waals surface area contributed by atoms with Gasteiger partial charge in [0, 0.05) is 25.3 Å². The molecular weight excluding hydrogens is 254 g/mol. The predicted octanol–water partition coefficient (Wildman–Crippen LogP) is 2.05. The highest BCUT2D eigenvalue weighted by molar-refractivity contribution is 5.38. The first-order valence-corrected chi connectivity index (χ1v) is 7.31. The van der Waals surface area contributed by atoms with Crippen LogP contribution in [0.1, 0.15) is 30.1 Å². The first kappa shape index (κ1) is 15.3. The summed E-state index contributed by atoms with van der Waals surface area (Å²) >= 11 is 0. The van der Waals surface area contributed by atoms with Gasteiger partial charge in [-0.2, -0.15) is 0 Å². The van der Waals surface area contributed by atoms with Gasteiger partial charge in [0.2, 0.25) is 0 Å². The van der Waals surface area contributed by atoms with Gasteiger partial charge in [0.05, 0.1) is 19.8 Å². The van der Waals surface area contributed by atoms with Crippen LogP contribution in [0.2, 0.25) is 0 Å². The first-order chi connectivity index (χ1) is 9.70. The number of aryl methyl sites for hydroxylation is 1. The van der Waals surface area contributed by atoms with Gasteiger partial charge in [-0.25, -0.2) is 0 Å². The van der Waals surface area contributed by atoms with Gasteiger partial charge in [0.1, 0.15) is 5.75 Å². The molecule has 1 aromatic rings. The molecule has 0 amide bonds. The second-order valence-electron chi connectivity index (χ2n) is 5.48. The van der Waals surface area contributed by atoms with E-state index < -0.39 is 6.10 Å². The van der Waals surface area contributed by atoms with Crippen molar-refractivity contribution in [2.75, 3.05) is 33.4 Å². The van der Waals surface area contributed by atoms with Gasteiger partial charge in [0.25, 0.3) is 0 Å². The minimum absolute atomic E-state index is 0.507. The molecule has 0 aromatic heterocycles. The van der Waals surface area contributed by atoms with Crippen LogP contribution in [0.25, 0.3) is 0 Å². The normalized spacial score (nSPS) is 16.1. The second-order valence-corrected chi connectivity index (χ2v) is 5.48. The van der Waals surface area contributed by atoms with Crippen molar-refractivity contribution in [3.05, 3.63) is 29.3 Å². The van der Waals surface area contributed by atoms with Gasteiger partial charge in [0.15, 0.2) is 0 Å². The average Bonchev–Trinajstić information content (AvgIpc) is 3.26. The van der Waals surface area contributed by atoms with Gasteiger partial charge in [-0.15, -0.1) is 0 Å². The number of ether oxygens (including phenoxy) is 2. The number of benzene rings is 1.